The van der Waals surface area contributed by atoms with Crippen molar-refractivity contribution in [3.05, 3.63) is 69.0 Å². The normalized spacial score (nSPS) is 17.7. The summed E-state index contributed by atoms with van der Waals surface area (Å²) < 4.78 is 0.995. The van der Waals surface area contributed by atoms with Crippen LogP contribution in [0.15, 0.2) is 62.9 Å². The van der Waals surface area contributed by atoms with Gasteiger partial charge in [-0.2, -0.15) is 0 Å². The van der Waals surface area contributed by atoms with Gasteiger partial charge < -0.3 is 0 Å². The summed E-state index contributed by atoms with van der Waals surface area (Å²) in [5.74, 6) is 0.391. The van der Waals surface area contributed by atoms with Crippen LogP contribution < -0.4 is 0 Å². The summed E-state index contributed by atoms with van der Waals surface area (Å²) in [7, 11) is 0. The number of hydrogen-bond donors (Lipinski definition) is 0. The van der Waals surface area contributed by atoms with Crippen LogP contribution in [-0.4, -0.2) is 22.5 Å². The smallest absolute Gasteiger partial charge is 0.266 e. The van der Waals surface area contributed by atoms with Crippen LogP contribution in [0.4, 0.5) is 5.69 Å². The van der Waals surface area contributed by atoms with Gasteiger partial charge in [-0.25, -0.2) is 4.99 Å². The van der Waals surface area contributed by atoms with Crippen molar-refractivity contribution < 1.29 is 4.79 Å². The summed E-state index contributed by atoms with van der Waals surface area (Å²) in [6, 6.07) is 16.0. The van der Waals surface area contributed by atoms with Crippen LogP contribution >= 0.6 is 27.7 Å². The van der Waals surface area contributed by atoms with E-state index in [2.05, 4.69) is 36.7 Å². The molecule has 2 aromatic carbocycles. The Hall–Kier alpha value is -1.85. The van der Waals surface area contributed by atoms with E-state index in [1.807, 2.05) is 54.6 Å². The number of amidine groups is 1. The van der Waals surface area contributed by atoms with E-state index in [-0.39, 0.29) is 5.91 Å². The van der Waals surface area contributed by atoms with Gasteiger partial charge in [0.05, 0.1) is 10.6 Å². The Bertz CT molecular complexity index is 872. The van der Waals surface area contributed by atoms with Crippen LogP contribution in [0.5, 0.6) is 0 Å². The van der Waals surface area contributed by atoms with Crippen molar-refractivity contribution in [1.29, 1.82) is 0 Å². The number of aliphatic imine (C=N–C) groups is 1. The molecule has 1 heterocycles. The average molecular weight is 429 g/mol. The van der Waals surface area contributed by atoms with Gasteiger partial charge in [-0.05, 0) is 60.5 Å². The van der Waals surface area contributed by atoms with Gasteiger partial charge in [0.15, 0.2) is 5.17 Å². The summed E-state index contributed by atoms with van der Waals surface area (Å²) in [6.07, 6.45) is 1.93. The Kier molecular flexibility index (Phi) is 5.99. The molecule has 0 aliphatic carbocycles. The molecule has 0 N–H and O–H groups in total. The number of rotatable bonds is 4. The van der Waals surface area contributed by atoms with Crippen LogP contribution in [0.1, 0.15) is 25.0 Å². The number of carbonyl (C=O) groups excluding carboxylic acids is 1. The molecule has 5 heteroatoms. The molecule has 0 atom stereocenters. The second kappa shape index (κ2) is 8.23. The largest absolute Gasteiger partial charge is 0.286 e. The summed E-state index contributed by atoms with van der Waals surface area (Å²) in [5.41, 5.74) is 3.05. The van der Waals surface area contributed by atoms with Crippen molar-refractivity contribution in [2.75, 3.05) is 6.54 Å². The van der Waals surface area contributed by atoms with E-state index >= 15 is 0 Å². The van der Waals surface area contributed by atoms with Gasteiger partial charge in [0, 0.05) is 11.0 Å². The van der Waals surface area contributed by atoms with E-state index in [1.54, 1.807) is 4.90 Å². The molecule has 0 saturated carbocycles. The fourth-order valence-electron chi connectivity index (χ4n) is 2.59. The predicted octanol–water partition coefficient (Wildman–Crippen LogP) is 6.02. The molecular formula is C21H21BrN2OS. The maximum absolute atomic E-state index is 12.9. The van der Waals surface area contributed by atoms with E-state index in [0.29, 0.717) is 17.4 Å². The maximum Gasteiger partial charge on any atom is 0.266 e. The van der Waals surface area contributed by atoms with Crippen molar-refractivity contribution in [3.63, 3.8) is 0 Å². The molecule has 0 unspecified atom stereocenters. The number of halogens is 1. The fraction of sp³-hybridized carbons (Fsp3) is 0.238. The molecule has 3 rings (SSSR count). The van der Waals surface area contributed by atoms with Gasteiger partial charge in [0.25, 0.3) is 5.91 Å². The van der Waals surface area contributed by atoms with E-state index in [4.69, 9.17) is 4.99 Å². The van der Waals surface area contributed by atoms with Gasteiger partial charge >= 0.3 is 0 Å². The van der Waals surface area contributed by atoms with Crippen LogP contribution in [0.2, 0.25) is 0 Å². The lowest BCUT2D eigenvalue weighted by Crippen LogP contribution is -2.32. The minimum Gasteiger partial charge on any atom is -0.286 e. The third-order valence-corrected chi connectivity index (χ3v) is 5.34. The summed E-state index contributed by atoms with van der Waals surface area (Å²) in [5, 5.41) is 0.744. The summed E-state index contributed by atoms with van der Waals surface area (Å²) >= 11 is 4.92. The lowest BCUT2D eigenvalue weighted by molar-refractivity contribution is -0.122. The first kappa shape index (κ1) is 18.9. The number of carbonyl (C=O) groups is 1. The topological polar surface area (TPSA) is 32.7 Å². The third kappa shape index (κ3) is 4.65. The lowest BCUT2D eigenvalue weighted by atomic mass is 10.2. The van der Waals surface area contributed by atoms with Crippen LogP contribution in [-0.2, 0) is 4.79 Å². The number of thioether (sulfide) groups is 1. The molecule has 0 radical (unpaired) electrons. The van der Waals surface area contributed by atoms with Crippen molar-refractivity contribution in [1.82, 2.24) is 4.90 Å². The highest BCUT2D eigenvalue weighted by molar-refractivity contribution is 9.10. The van der Waals surface area contributed by atoms with Crippen LogP contribution in [0.3, 0.4) is 0 Å². The minimum absolute atomic E-state index is 0.0227. The first-order chi connectivity index (χ1) is 12.4. The number of amides is 1. The summed E-state index contributed by atoms with van der Waals surface area (Å²) in [4.78, 5) is 20.2. The van der Waals surface area contributed by atoms with Crippen LogP contribution in [0.25, 0.3) is 6.08 Å². The number of hydrogen-bond acceptors (Lipinski definition) is 3. The predicted molar refractivity (Wildman–Crippen MR) is 115 cm³/mol. The van der Waals surface area contributed by atoms with Gasteiger partial charge in [0.2, 0.25) is 0 Å². The third-order valence-electron chi connectivity index (χ3n) is 3.84. The SMILES string of the molecule is Cc1ccc(N=C2S/C(=C/c3cccc(Br)c3)C(=O)N2CC(C)C)cc1. The van der Waals surface area contributed by atoms with Gasteiger partial charge in [-0.15, -0.1) is 0 Å². The van der Waals surface area contributed by atoms with Crippen LogP contribution in [0, 0.1) is 12.8 Å². The quantitative estimate of drug-likeness (QED) is 0.557. The maximum atomic E-state index is 12.9. The van der Waals surface area contributed by atoms with E-state index in [0.717, 1.165) is 20.9 Å². The Morgan fingerprint density at radius 2 is 1.92 bits per heavy atom. The Balaban J connectivity index is 1.95. The molecular weight excluding hydrogens is 408 g/mol. The standard InChI is InChI=1S/C21H21BrN2OS/c1-14(2)13-24-20(25)19(12-16-5-4-6-17(22)11-16)26-21(24)23-18-9-7-15(3)8-10-18/h4-12,14H,13H2,1-3H3/b19-12+,23-21?. The molecule has 1 aliphatic heterocycles. The highest BCUT2D eigenvalue weighted by Gasteiger charge is 2.33. The molecule has 1 saturated heterocycles. The van der Waals surface area contributed by atoms with E-state index < -0.39 is 0 Å². The number of benzene rings is 2. The molecule has 1 fully saturated rings. The Labute approximate surface area is 167 Å². The highest BCUT2D eigenvalue weighted by Crippen LogP contribution is 2.35. The molecule has 1 amide bonds. The van der Waals surface area contributed by atoms with E-state index in [9.17, 15) is 4.79 Å². The minimum atomic E-state index is 0.0227. The molecule has 0 aromatic heterocycles. The number of aryl methyl sites for hydroxylation is 1. The zero-order chi connectivity index (χ0) is 18.7. The molecule has 2 aromatic rings. The molecule has 26 heavy (non-hydrogen) atoms. The first-order valence-corrected chi connectivity index (χ1v) is 10.2. The zero-order valence-corrected chi connectivity index (χ0v) is 17.5. The Morgan fingerprint density at radius 1 is 1.19 bits per heavy atom. The monoisotopic (exact) mass is 428 g/mol. The second-order valence-corrected chi connectivity index (χ2v) is 8.63. The van der Waals surface area contributed by atoms with Crippen molar-refractivity contribution >= 4 is 50.5 Å². The molecule has 134 valence electrons. The molecule has 1 aliphatic rings. The highest BCUT2D eigenvalue weighted by atomic mass is 79.9. The average Bonchev–Trinajstić information content (AvgIpc) is 2.85. The first-order valence-electron chi connectivity index (χ1n) is 8.55. The van der Waals surface area contributed by atoms with Gasteiger partial charge in [0.1, 0.15) is 0 Å². The van der Waals surface area contributed by atoms with Gasteiger partial charge in [-0.1, -0.05) is 59.6 Å². The van der Waals surface area contributed by atoms with Gasteiger partial charge in [-0.3, -0.25) is 9.69 Å². The molecule has 0 spiro atoms. The fourth-order valence-corrected chi connectivity index (χ4v) is 4.02. The van der Waals surface area contributed by atoms with Crippen molar-refractivity contribution in [2.45, 2.75) is 20.8 Å². The molecule has 0 bridgehead atoms. The Morgan fingerprint density at radius 3 is 2.58 bits per heavy atom. The summed E-state index contributed by atoms with van der Waals surface area (Å²) in [6.45, 7) is 6.93. The number of nitrogens with zero attached hydrogens (tertiary/aromatic N) is 2. The molecule has 3 nitrogen and oxygen atoms in total. The van der Waals surface area contributed by atoms with Crippen molar-refractivity contribution in [3.8, 4) is 0 Å². The lowest BCUT2D eigenvalue weighted by Gasteiger charge is -2.17. The van der Waals surface area contributed by atoms with E-state index in [1.165, 1.54) is 17.3 Å². The van der Waals surface area contributed by atoms with Crippen molar-refractivity contribution in [2.24, 2.45) is 10.9 Å². The second-order valence-electron chi connectivity index (χ2n) is 6.71. The zero-order valence-electron chi connectivity index (χ0n) is 15.1.